The summed E-state index contributed by atoms with van der Waals surface area (Å²) in [6.07, 6.45) is 31.6. The van der Waals surface area contributed by atoms with Gasteiger partial charge in [-0.1, -0.05) is 123 Å². The molecule has 0 aromatic rings. The maximum absolute atomic E-state index is 2.54. The average molecular weight is 380 g/mol. The van der Waals surface area contributed by atoms with E-state index >= 15 is 0 Å². The highest BCUT2D eigenvalue weighted by atomic mass is 15.1. The van der Waals surface area contributed by atoms with Crippen LogP contribution in [0.25, 0.3) is 0 Å². The fraction of sp³-hybridized carbons (Fsp3) is 0.923. The quantitative estimate of drug-likeness (QED) is 0.169. The van der Waals surface area contributed by atoms with Crippen molar-refractivity contribution in [2.75, 3.05) is 13.1 Å². The Morgan fingerprint density at radius 2 is 0.815 bits per heavy atom. The Kier molecular flexibility index (Phi) is 23.2. The third-order valence-electron chi connectivity index (χ3n) is 5.64. The van der Waals surface area contributed by atoms with Crippen LogP contribution in [0.3, 0.4) is 0 Å². The number of unbranched alkanes of at least 4 members (excludes halogenated alkanes) is 16. The third-order valence-corrected chi connectivity index (χ3v) is 5.64. The molecule has 0 saturated heterocycles. The van der Waals surface area contributed by atoms with Crippen LogP contribution in [0.5, 0.6) is 0 Å². The molecule has 0 rings (SSSR count). The summed E-state index contributed by atoms with van der Waals surface area (Å²) in [6, 6.07) is 0. The van der Waals surface area contributed by atoms with E-state index in [0.29, 0.717) is 0 Å². The Morgan fingerprint density at radius 3 is 1.22 bits per heavy atom. The molecule has 0 bridgehead atoms. The van der Waals surface area contributed by atoms with Gasteiger partial charge in [-0.2, -0.15) is 0 Å². The van der Waals surface area contributed by atoms with Gasteiger partial charge in [-0.3, -0.25) is 0 Å². The van der Waals surface area contributed by atoms with Gasteiger partial charge in [0.1, 0.15) is 0 Å². The summed E-state index contributed by atoms with van der Waals surface area (Å²) >= 11 is 0. The molecule has 0 aromatic heterocycles. The van der Waals surface area contributed by atoms with E-state index in [-0.39, 0.29) is 0 Å². The van der Waals surface area contributed by atoms with Crippen molar-refractivity contribution < 1.29 is 0 Å². The summed E-state index contributed by atoms with van der Waals surface area (Å²) < 4.78 is 0. The first-order chi connectivity index (χ1) is 13.3. The summed E-state index contributed by atoms with van der Waals surface area (Å²) in [6.45, 7) is 9.36. The minimum Gasteiger partial charge on any atom is -0.378 e. The Morgan fingerprint density at radius 1 is 0.444 bits per heavy atom. The van der Waals surface area contributed by atoms with Crippen LogP contribution in [0.1, 0.15) is 143 Å². The maximum Gasteiger partial charge on any atom is 0.0172 e. The first kappa shape index (κ1) is 26.5. The second kappa shape index (κ2) is 23.6. The zero-order chi connectivity index (χ0) is 19.8. The summed E-state index contributed by atoms with van der Waals surface area (Å²) in [5.74, 6) is 0. The highest BCUT2D eigenvalue weighted by molar-refractivity contribution is 4.82. The molecular weight excluding hydrogens is 326 g/mol. The van der Waals surface area contributed by atoms with Crippen LogP contribution in [0.15, 0.2) is 12.3 Å². The lowest BCUT2D eigenvalue weighted by atomic mass is 10.0. The molecule has 0 amide bonds. The van der Waals surface area contributed by atoms with E-state index in [9.17, 15) is 0 Å². The second-order valence-electron chi connectivity index (χ2n) is 8.51. The lowest BCUT2D eigenvalue weighted by molar-refractivity contribution is 0.359. The highest BCUT2D eigenvalue weighted by Crippen LogP contribution is 2.13. The van der Waals surface area contributed by atoms with Crippen molar-refractivity contribution in [2.24, 2.45) is 0 Å². The van der Waals surface area contributed by atoms with Gasteiger partial charge in [0.2, 0.25) is 0 Å². The first-order valence-corrected chi connectivity index (χ1v) is 12.8. The van der Waals surface area contributed by atoms with Gasteiger partial charge < -0.3 is 4.90 Å². The second-order valence-corrected chi connectivity index (χ2v) is 8.51. The van der Waals surface area contributed by atoms with Crippen LogP contribution >= 0.6 is 0 Å². The molecule has 162 valence electrons. The summed E-state index contributed by atoms with van der Waals surface area (Å²) in [5, 5.41) is 0. The van der Waals surface area contributed by atoms with Crippen LogP contribution in [-0.2, 0) is 0 Å². The molecule has 0 N–H and O–H groups in total. The van der Waals surface area contributed by atoms with Gasteiger partial charge in [-0.05, 0) is 31.9 Å². The predicted octanol–water partition coefficient (Wildman–Crippen LogP) is 9.27. The molecule has 0 aromatic carbocycles. The van der Waals surface area contributed by atoms with Crippen LogP contribution in [0.4, 0.5) is 0 Å². The first-order valence-electron chi connectivity index (χ1n) is 12.8. The Labute approximate surface area is 173 Å². The lowest BCUT2D eigenvalue weighted by Gasteiger charge is -2.19. The molecule has 0 aliphatic rings. The van der Waals surface area contributed by atoms with Gasteiger partial charge in [0.15, 0.2) is 0 Å². The van der Waals surface area contributed by atoms with Crippen LogP contribution in [-0.4, -0.2) is 18.0 Å². The van der Waals surface area contributed by atoms with E-state index in [1.807, 2.05) is 0 Å². The van der Waals surface area contributed by atoms with E-state index in [2.05, 4.69) is 37.9 Å². The minimum absolute atomic E-state index is 1.24. The van der Waals surface area contributed by atoms with Crippen LogP contribution in [0.2, 0.25) is 0 Å². The van der Waals surface area contributed by atoms with Gasteiger partial charge in [0.05, 0.1) is 0 Å². The zero-order valence-corrected chi connectivity index (χ0v) is 19.5. The topological polar surface area (TPSA) is 3.24 Å². The molecule has 0 aliphatic heterocycles. The largest absolute Gasteiger partial charge is 0.378 e. The van der Waals surface area contributed by atoms with Crippen molar-refractivity contribution in [1.29, 1.82) is 0 Å². The molecule has 0 fully saturated rings. The fourth-order valence-electron chi connectivity index (χ4n) is 3.66. The summed E-state index contributed by atoms with van der Waals surface area (Å²) in [7, 11) is 0. The number of rotatable bonds is 22. The third kappa shape index (κ3) is 21.7. The molecule has 0 saturated carbocycles. The standard InChI is InChI=1S/C26H53N/c1-4-7-10-11-12-13-14-15-16-17-18-19-20-21-22-23-26-27(24-8-5-2)25-9-6-3/h23,26H,4-22,24-25H2,1-3H3. The smallest absolute Gasteiger partial charge is 0.0172 e. The van der Waals surface area contributed by atoms with Crippen molar-refractivity contribution in [2.45, 2.75) is 143 Å². The molecule has 0 radical (unpaired) electrons. The molecule has 0 atom stereocenters. The Hall–Kier alpha value is -0.460. The van der Waals surface area contributed by atoms with Crippen molar-refractivity contribution in [3.63, 3.8) is 0 Å². The molecule has 27 heavy (non-hydrogen) atoms. The van der Waals surface area contributed by atoms with E-state index in [0.717, 1.165) is 0 Å². The predicted molar refractivity (Wildman–Crippen MR) is 125 cm³/mol. The number of hydrogen-bond donors (Lipinski definition) is 0. The number of allylic oxidation sites excluding steroid dienone is 1. The molecule has 1 heteroatoms. The van der Waals surface area contributed by atoms with Gasteiger partial charge >= 0.3 is 0 Å². The van der Waals surface area contributed by atoms with E-state index in [1.54, 1.807) is 0 Å². The molecule has 0 aliphatic carbocycles. The number of hydrogen-bond acceptors (Lipinski definition) is 1. The van der Waals surface area contributed by atoms with Gasteiger partial charge in [-0.25, -0.2) is 0 Å². The van der Waals surface area contributed by atoms with Gasteiger partial charge in [0, 0.05) is 13.1 Å². The average Bonchev–Trinajstić information content (AvgIpc) is 2.69. The summed E-state index contributed by atoms with van der Waals surface area (Å²) in [4.78, 5) is 2.54. The van der Waals surface area contributed by atoms with Crippen molar-refractivity contribution in [3.8, 4) is 0 Å². The lowest BCUT2D eigenvalue weighted by Crippen LogP contribution is -2.19. The minimum atomic E-state index is 1.24. The van der Waals surface area contributed by atoms with Gasteiger partial charge in [0.25, 0.3) is 0 Å². The number of nitrogens with zero attached hydrogens (tertiary/aromatic N) is 1. The zero-order valence-electron chi connectivity index (χ0n) is 19.5. The maximum atomic E-state index is 2.54. The van der Waals surface area contributed by atoms with E-state index < -0.39 is 0 Å². The van der Waals surface area contributed by atoms with Crippen molar-refractivity contribution in [3.05, 3.63) is 12.3 Å². The Bertz CT molecular complexity index is 276. The highest BCUT2D eigenvalue weighted by Gasteiger charge is 1.97. The van der Waals surface area contributed by atoms with Crippen LogP contribution < -0.4 is 0 Å². The summed E-state index contributed by atoms with van der Waals surface area (Å²) in [5.41, 5.74) is 0. The van der Waals surface area contributed by atoms with Crippen molar-refractivity contribution >= 4 is 0 Å². The van der Waals surface area contributed by atoms with Crippen LogP contribution in [0, 0.1) is 0 Å². The monoisotopic (exact) mass is 379 g/mol. The Balaban J connectivity index is 3.35. The van der Waals surface area contributed by atoms with Crippen molar-refractivity contribution in [1.82, 2.24) is 4.90 Å². The molecule has 1 nitrogen and oxygen atoms in total. The van der Waals surface area contributed by atoms with E-state index in [1.165, 1.54) is 135 Å². The SMILES string of the molecule is CCCCCCCCCCCCCCCCC=CN(CCCC)CCCC. The molecule has 0 unspecified atom stereocenters. The fourth-order valence-corrected chi connectivity index (χ4v) is 3.66. The molecular formula is C26H53N. The molecule has 0 heterocycles. The van der Waals surface area contributed by atoms with E-state index in [4.69, 9.17) is 0 Å². The molecule has 0 spiro atoms. The van der Waals surface area contributed by atoms with Gasteiger partial charge in [-0.15, -0.1) is 0 Å². The normalized spacial score (nSPS) is 11.5.